The van der Waals surface area contributed by atoms with Crippen molar-refractivity contribution in [2.75, 3.05) is 11.9 Å². The highest BCUT2D eigenvalue weighted by Gasteiger charge is 2.25. The number of anilines is 1. The number of aromatic nitrogens is 1. The number of nitrogens with zero attached hydrogens (tertiary/aromatic N) is 1. The molecule has 1 aliphatic carbocycles. The third kappa shape index (κ3) is 3.95. The van der Waals surface area contributed by atoms with Crippen molar-refractivity contribution in [2.45, 2.75) is 46.1 Å². The van der Waals surface area contributed by atoms with E-state index in [-0.39, 0.29) is 11.9 Å². The minimum Gasteiger partial charge on any atom is -0.384 e. The quantitative estimate of drug-likeness (QED) is 0.888. The second-order valence-electron chi connectivity index (χ2n) is 6.05. The maximum Gasteiger partial charge on any atom is 0.270 e. The van der Waals surface area contributed by atoms with Crippen molar-refractivity contribution in [3.63, 3.8) is 0 Å². The van der Waals surface area contributed by atoms with Gasteiger partial charge in [0.25, 0.3) is 5.91 Å². The Labute approximate surface area is 121 Å². The van der Waals surface area contributed by atoms with Gasteiger partial charge in [0, 0.05) is 12.6 Å². The van der Waals surface area contributed by atoms with Crippen LogP contribution in [0.25, 0.3) is 0 Å². The molecule has 0 aliphatic heterocycles. The van der Waals surface area contributed by atoms with E-state index >= 15 is 0 Å². The van der Waals surface area contributed by atoms with Crippen molar-refractivity contribution in [1.82, 2.24) is 10.3 Å². The third-order valence-electron chi connectivity index (χ3n) is 3.89. The van der Waals surface area contributed by atoms with E-state index in [1.807, 2.05) is 13.0 Å². The van der Waals surface area contributed by atoms with E-state index in [9.17, 15) is 4.79 Å². The monoisotopic (exact) mass is 275 g/mol. The van der Waals surface area contributed by atoms with E-state index in [1.165, 1.54) is 6.42 Å². The van der Waals surface area contributed by atoms with Crippen LogP contribution in [-0.4, -0.2) is 23.5 Å². The smallest absolute Gasteiger partial charge is 0.270 e. The number of amides is 1. The summed E-state index contributed by atoms with van der Waals surface area (Å²) in [7, 11) is 0. The molecule has 110 valence electrons. The Morgan fingerprint density at radius 1 is 1.25 bits per heavy atom. The summed E-state index contributed by atoms with van der Waals surface area (Å²) in [5, 5.41) is 6.30. The molecule has 1 aromatic rings. The van der Waals surface area contributed by atoms with Crippen LogP contribution in [0.3, 0.4) is 0 Å². The Hall–Kier alpha value is -1.58. The number of nitrogens with one attached hydrogen (secondary N) is 2. The number of pyridine rings is 1. The van der Waals surface area contributed by atoms with Gasteiger partial charge in [0.1, 0.15) is 5.69 Å². The lowest BCUT2D eigenvalue weighted by molar-refractivity contribution is 0.0906. The minimum absolute atomic E-state index is 0.0562. The standard InChI is InChI=1S/C16H25N3O/c1-4-17-13-5-6-15(18-10-13)16(20)19-14-8-11(2)7-12(3)9-14/h5-6,10-12,14,17H,4,7-9H2,1-3H3,(H,19,20). The lowest BCUT2D eigenvalue weighted by Gasteiger charge is -2.31. The first kappa shape index (κ1) is 14.8. The van der Waals surface area contributed by atoms with Gasteiger partial charge in [-0.05, 0) is 50.2 Å². The van der Waals surface area contributed by atoms with Crippen molar-refractivity contribution in [1.29, 1.82) is 0 Å². The molecule has 0 saturated heterocycles. The molecule has 1 aromatic heterocycles. The molecule has 2 N–H and O–H groups in total. The van der Waals surface area contributed by atoms with Gasteiger partial charge in [-0.15, -0.1) is 0 Å². The maximum absolute atomic E-state index is 12.2. The summed E-state index contributed by atoms with van der Waals surface area (Å²) in [5.74, 6) is 1.32. The Morgan fingerprint density at radius 2 is 1.95 bits per heavy atom. The van der Waals surface area contributed by atoms with Gasteiger partial charge in [-0.1, -0.05) is 13.8 Å². The first-order valence-electron chi connectivity index (χ1n) is 7.59. The molecule has 2 rings (SSSR count). The first-order chi connectivity index (χ1) is 9.58. The third-order valence-corrected chi connectivity index (χ3v) is 3.89. The van der Waals surface area contributed by atoms with Gasteiger partial charge in [0.05, 0.1) is 11.9 Å². The highest BCUT2D eigenvalue weighted by molar-refractivity contribution is 5.92. The molecule has 0 spiro atoms. The molecule has 2 unspecified atom stereocenters. The largest absolute Gasteiger partial charge is 0.384 e. The normalized spacial score (nSPS) is 26.1. The van der Waals surface area contributed by atoms with E-state index < -0.39 is 0 Å². The fourth-order valence-corrected chi connectivity index (χ4v) is 3.16. The van der Waals surface area contributed by atoms with Gasteiger partial charge in [0.2, 0.25) is 0 Å². The highest BCUT2D eigenvalue weighted by atomic mass is 16.1. The Bertz CT molecular complexity index is 434. The van der Waals surface area contributed by atoms with Crippen molar-refractivity contribution in [2.24, 2.45) is 11.8 Å². The second-order valence-corrected chi connectivity index (χ2v) is 6.05. The zero-order chi connectivity index (χ0) is 14.5. The lowest BCUT2D eigenvalue weighted by atomic mass is 9.80. The van der Waals surface area contributed by atoms with Crippen LogP contribution in [0.5, 0.6) is 0 Å². The fourth-order valence-electron chi connectivity index (χ4n) is 3.16. The Kier molecular flexibility index (Phi) is 4.99. The summed E-state index contributed by atoms with van der Waals surface area (Å²) in [5.41, 5.74) is 1.45. The van der Waals surface area contributed by atoms with Crippen molar-refractivity contribution in [3.05, 3.63) is 24.0 Å². The van der Waals surface area contributed by atoms with Crippen LogP contribution in [0, 0.1) is 11.8 Å². The molecule has 4 nitrogen and oxygen atoms in total. The van der Waals surface area contributed by atoms with E-state index in [0.29, 0.717) is 17.5 Å². The summed E-state index contributed by atoms with van der Waals surface area (Å²) in [6.45, 7) is 7.41. The molecule has 1 heterocycles. The number of hydrogen-bond acceptors (Lipinski definition) is 3. The van der Waals surface area contributed by atoms with Crippen LogP contribution < -0.4 is 10.6 Å². The molecule has 1 fully saturated rings. The molecule has 0 bridgehead atoms. The average molecular weight is 275 g/mol. The van der Waals surface area contributed by atoms with Crippen molar-refractivity contribution >= 4 is 11.6 Å². The van der Waals surface area contributed by atoms with Crippen LogP contribution in [0.2, 0.25) is 0 Å². The number of hydrogen-bond donors (Lipinski definition) is 2. The van der Waals surface area contributed by atoms with E-state index in [2.05, 4.69) is 29.5 Å². The van der Waals surface area contributed by atoms with Crippen molar-refractivity contribution in [3.8, 4) is 0 Å². The van der Waals surface area contributed by atoms with Gasteiger partial charge in [0.15, 0.2) is 0 Å². The van der Waals surface area contributed by atoms with Gasteiger partial charge in [-0.25, -0.2) is 4.98 Å². The molecular formula is C16H25N3O. The van der Waals surface area contributed by atoms with Gasteiger partial charge >= 0.3 is 0 Å². The SMILES string of the molecule is CCNc1ccc(C(=O)NC2CC(C)CC(C)C2)nc1. The van der Waals surface area contributed by atoms with E-state index in [1.54, 1.807) is 12.3 Å². The van der Waals surface area contributed by atoms with Crippen LogP contribution in [0.1, 0.15) is 50.5 Å². The second kappa shape index (κ2) is 6.73. The summed E-state index contributed by atoms with van der Waals surface area (Å²) >= 11 is 0. The predicted molar refractivity (Wildman–Crippen MR) is 81.8 cm³/mol. The van der Waals surface area contributed by atoms with Crippen molar-refractivity contribution < 1.29 is 4.79 Å². The molecule has 1 saturated carbocycles. The van der Waals surface area contributed by atoms with E-state index in [4.69, 9.17) is 0 Å². The summed E-state index contributed by atoms with van der Waals surface area (Å²) in [4.78, 5) is 16.4. The molecule has 4 heteroatoms. The summed E-state index contributed by atoms with van der Waals surface area (Å²) in [6, 6.07) is 3.97. The maximum atomic E-state index is 12.2. The topological polar surface area (TPSA) is 54.0 Å². The van der Waals surface area contributed by atoms with Crippen LogP contribution in [0.15, 0.2) is 18.3 Å². The van der Waals surface area contributed by atoms with Gasteiger partial charge in [-0.2, -0.15) is 0 Å². The highest BCUT2D eigenvalue weighted by Crippen LogP contribution is 2.28. The molecule has 2 atom stereocenters. The molecule has 20 heavy (non-hydrogen) atoms. The molecule has 0 aromatic carbocycles. The predicted octanol–water partition coefficient (Wildman–Crippen LogP) is 3.07. The minimum atomic E-state index is -0.0562. The van der Waals surface area contributed by atoms with E-state index in [0.717, 1.165) is 25.1 Å². The zero-order valence-corrected chi connectivity index (χ0v) is 12.6. The number of rotatable bonds is 4. The van der Waals surface area contributed by atoms with Gasteiger partial charge in [-0.3, -0.25) is 4.79 Å². The van der Waals surface area contributed by atoms with Crippen LogP contribution >= 0.6 is 0 Å². The van der Waals surface area contributed by atoms with Crippen LogP contribution in [0.4, 0.5) is 5.69 Å². The molecule has 0 radical (unpaired) electrons. The lowest BCUT2D eigenvalue weighted by Crippen LogP contribution is -2.40. The zero-order valence-electron chi connectivity index (χ0n) is 12.6. The van der Waals surface area contributed by atoms with Gasteiger partial charge < -0.3 is 10.6 Å². The summed E-state index contributed by atoms with van der Waals surface area (Å²) < 4.78 is 0. The first-order valence-corrected chi connectivity index (χ1v) is 7.59. The molecular weight excluding hydrogens is 250 g/mol. The summed E-state index contributed by atoms with van der Waals surface area (Å²) in [6.07, 6.45) is 5.13. The molecule has 1 amide bonds. The Balaban J connectivity index is 1.93. The Morgan fingerprint density at radius 3 is 2.50 bits per heavy atom. The molecule has 1 aliphatic rings. The number of carbonyl (C=O) groups is 1. The fraction of sp³-hybridized carbons (Fsp3) is 0.625. The number of carbonyl (C=O) groups excluding carboxylic acids is 1. The van der Waals surface area contributed by atoms with Crippen LogP contribution in [-0.2, 0) is 0 Å². The average Bonchev–Trinajstić information content (AvgIpc) is 2.38.